The van der Waals surface area contributed by atoms with E-state index in [2.05, 4.69) is 5.32 Å². The van der Waals surface area contributed by atoms with Gasteiger partial charge in [-0.3, -0.25) is 0 Å². The first kappa shape index (κ1) is 13.1. The van der Waals surface area contributed by atoms with Crippen molar-refractivity contribution in [3.8, 4) is 11.5 Å². The number of hydrogen-bond donors (Lipinski definition) is 2. The average molecular weight is 258 g/mol. The molecule has 0 aliphatic heterocycles. The van der Waals surface area contributed by atoms with Crippen LogP contribution < -0.4 is 20.5 Å². The summed E-state index contributed by atoms with van der Waals surface area (Å²) < 4.78 is 10.5. The van der Waals surface area contributed by atoms with E-state index in [4.69, 9.17) is 15.2 Å². The van der Waals surface area contributed by atoms with Crippen LogP contribution in [0.15, 0.2) is 36.4 Å². The minimum atomic E-state index is 0.725. The molecule has 2 rings (SSSR count). The third kappa shape index (κ3) is 3.10. The van der Waals surface area contributed by atoms with Gasteiger partial charge in [-0.1, -0.05) is 6.07 Å². The van der Waals surface area contributed by atoms with Crippen molar-refractivity contribution >= 4 is 17.1 Å². The zero-order valence-electron chi connectivity index (χ0n) is 11.4. The molecule has 0 saturated carbocycles. The van der Waals surface area contributed by atoms with Crippen molar-refractivity contribution in [3.63, 3.8) is 0 Å². The Morgan fingerprint density at radius 2 is 1.58 bits per heavy atom. The molecule has 0 radical (unpaired) electrons. The fourth-order valence-corrected chi connectivity index (χ4v) is 1.81. The van der Waals surface area contributed by atoms with E-state index in [0.717, 1.165) is 34.1 Å². The molecule has 0 fully saturated rings. The van der Waals surface area contributed by atoms with Gasteiger partial charge in [0.2, 0.25) is 0 Å². The van der Waals surface area contributed by atoms with Crippen LogP contribution in [0, 0.1) is 6.92 Å². The van der Waals surface area contributed by atoms with Gasteiger partial charge in [-0.15, -0.1) is 0 Å². The Bertz CT molecular complexity index is 560. The molecule has 0 atom stereocenters. The maximum Gasteiger partial charge on any atom is 0.124 e. The van der Waals surface area contributed by atoms with Crippen molar-refractivity contribution in [2.45, 2.75) is 6.92 Å². The van der Waals surface area contributed by atoms with Gasteiger partial charge in [0.05, 0.1) is 14.2 Å². The van der Waals surface area contributed by atoms with Gasteiger partial charge >= 0.3 is 0 Å². The Morgan fingerprint density at radius 3 is 2.16 bits per heavy atom. The van der Waals surface area contributed by atoms with Gasteiger partial charge in [0, 0.05) is 35.3 Å². The molecule has 4 nitrogen and oxygen atoms in total. The number of methoxy groups -OCH3 is 2. The van der Waals surface area contributed by atoms with Crippen LogP contribution in [0.1, 0.15) is 5.56 Å². The zero-order chi connectivity index (χ0) is 13.8. The first-order valence-corrected chi connectivity index (χ1v) is 5.98. The molecule has 2 aromatic rings. The Hall–Kier alpha value is -2.36. The monoisotopic (exact) mass is 258 g/mol. The van der Waals surface area contributed by atoms with Gasteiger partial charge in [-0.25, -0.2) is 0 Å². The molecule has 0 aromatic heterocycles. The number of benzene rings is 2. The molecule has 0 aliphatic rings. The van der Waals surface area contributed by atoms with Gasteiger partial charge < -0.3 is 20.5 Å². The molecule has 0 unspecified atom stereocenters. The fraction of sp³-hybridized carbons (Fsp3) is 0.200. The van der Waals surface area contributed by atoms with Crippen molar-refractivity contribution in [1.82, 2.24) is 0 Å². The third-order valence-electron chi connectivity index (χ3n) is 2.89. The molecule has 2 aromatic carbocycles. The lowest BCUT2D eigenvalue weighted by molar-refractivity contribution is 0.395. The Labute approximate surface area is 113 Å². The number of nitrogens with two attached hydrogens (primary N) is 1. The van der Waals surface area contributed by atoms with E-state index < -0.39 is 0 Å². The van der Waals surface area contributed by atoms with Gasteiger partial charge in [-0.05, 0) is 24.6 Å². The second-order valence-electron chi connectivity index (χ2n) is 4.30. The third-order valence-corrected chi connectivity index (χ3v) is 2.89. The second kappa shape index (κ2) is 5.52. The number of aryl methyl sites for hydroxylation is 1. The van der Waals surface area contributed by atoms with E-state index >= 15 is 0 Å². The van der Waals surface area contributed by atoms with Gasteiger partial charge in [0.25, 0.3) is 0 Å². The summed E-state index contributed by atoms with van der Waals surface area (Å²) in [6, 6.07) is 11.4. The van der Waals surface area contributed by atoms with E-state index in [9.17, 15) is 0 Å². The summed E-state index contributed by atoms with van der Waals surface area (Å²) in [5.41, 5.74) is 9.51. The van der Waals surface area contributed by atoms with Crippen LogP contribution in [-0.2, 0) is 0 Å². The molecular formula is C15H18N2O2. The highest BCUT2D eigenvalue weighted by atomic mass is 16.5. The molecule has 0 bridgehead atoms. The number of hydrogen-bond acceptors (Lipinski definition) is 4. The summed E-state index contributed by atoms with van der Waals surface area (Å²) in [5, 5.41) is 3.32. The lowest BCUT2D eigenvalue weighted by atomic mass is 10.1. The van der Waals surface area contributed by atoms with Gasteiger partial charge in [-0.2, -0.15) is 0 Å². The summed E-state index contributed by atoms with van der Waals surface area (Å²) >= 11 is 0. The number of ether oxygens (including phenoxy) is 2. The number of anilines is 3. The van der Waals surface area contributed by atoms with E-state index in [1.807, 2.05) is 43.3 Å². The quantitative estimate of drug-likeness (QED) is 0.826. The van der Waals surface area contributed by atoms with Crippen LogP contribution in [0.3, 0.4) is 0 Å². The molecule has 19 heavy (non-hydrogen) atoms. The molecule has 0 spiro atoms. The van der Waals surface area contributed by atoms with Crippen molar-refractivity contribution in [2.24, 2.45) is 0 Å². The van der Waals surface area contributed by atoms with Crippen LogP contribution in [0.2, 0.25) is 0 Å². The minimum absolute atomic E-state index is 0.725. The molecular weight excluding hydrogens is 240 g/mol. The maximum atomic E-state index is 5.80. The molecule has 0 heterocycles. The molecule has 100 valence electrons. The van der Waals surface area contributed by atoms with E-state index in [1.54, 1.807) is 14.2 Å². The van der Waals surface area contributed by atoms with E-state index in [-0.39, 0.29) is 0 Å². The van der Waals surface area contributed by atoms with E-state index in [0.29, 0.717) is 0 Å². The number of rotatable bonds is 4. The standard InChI is InChI=1S/C15H18N2O2/c1-10-4-5-11(16)6-15(10)17-12-7-13(18-2)9-14(8-12)19-3/h4-9,17H,16H2,1-3H3. The second-order valence-corrected chi connectivity index (χ2v) is 4.30. The molecule has 3 N–H and O–H groups in total. The summed E-state index contributed by atoms with van der Waals surface area (Å²) in [7, 11) is 3.26. The smallest absolute Gasteiger partial charge is 0.124 e. The van der Waals surface area contributed by atoms with Crippen molar-refractivity contribution in [3.05, 3.63) is 42.0 Å². The highest BCUT2D eigenvalue weighted by molar-refractivity contribution is 5.69. The predicted octanol–water partition coefficient (Wildman–Crippen LogP) is 3.34. The van der Waals surface area contributed by atoms with Crippen molar-refractivity contribution in [1.29, 1.82) is 0 Å². The molecule has 0 saturated heterocycles. The van der Waals surface area contributed by atoms with Crippen LogP contribution in [0.25, 0.3) is 0 Å². The fourth-order valence-electron chi connectivity index (χ4n) is 1.81. The summed E-state index contributed by atoms with van der Waals surface area (Å²) in [5.74, 6) is 1.48. The van der Waals surface area contributed by atoms with Gasteiger partial charge in [0.15, 0.2) is 0 Å². The highest BCUT2D eigenvalue weighted by Gasteiger charge is 2.04. The van der Waals surface area contributed by atoms with Crippen LogP contribution in [0.5, 0.6) is 11.5 Å². The Morgan fingerprint density at radius 1 is 0.947 bits per heavy atom. The minimum Gasteiger partial charge on any atom is -0.497 e. The van der Waals surface area contributed by atoms with Gasteiger partial charge in [0.1, 0.15) is 11.5 Å². The van der Waals surface area contributed by atoms with Crippen molar-refractivity contribution in [2.75, 3.05) is 25.3 Å². The molecule has 0 amide bonds. The first-order valence-electron chi connectivity index (χ1n) is 5.98. The summed E-state index contributed by atoms with van der Waals surface area (Å²) in [4.78, 5) is 0. The normalized spacial score (nSPS) is 10.1. The Kier molecular flexibility index (Phi) is 3.80. The lowest BCUT2D eigenvalue weighted by Gasteiger charge is -2.13. The first-order chi connectivity index (χ1) is 9.12. The van der Waals surface area contributed by atoms with Crippen molar-refractivity contribution < 1.29 is 9.47 Å². The average Bonchev–Trinajstić information content (AvgIpc) is 2.42. The molecule has 4 heteroatoms. The topological polar surface area (TPSA) is 56.5 Å². The largest absolute Gasteiger partial charge is 0.497 e. The number of nitrogens with one attached hydrogen (secondary N) is 1. The van der Waals surface area contributed by atoms with Crippen LogP contribution in [-0.4, -0.2) is 14.2 Å². The van der Waals surface area contributed by atoms with Crippen LogP contribution >= 0.6 is 0 Å². The molecule has 0 aliphatic carbocycles. The summed E-state index contributed by atoms with van der Waals surface area (Å²) in [6.07, 6.45) is 0. The Balaban J connectivity index is 2.34. The van der Waals surface area contributed by atoms with E-state index in [1.165, 1.54) is 0 Å². The summed E-state index contributed by atoms with van der Waals surface area (Å²) in [6.45, 7) is 2.03. The zero-order valence-corrected chi connectivity index (χ0v) is 11.4. The number of nitrogen functional groups attached to an aromatic ring is 1. The lowest BCUT2D eigenvalue weighted by Crippen LogP contribution is -1.96. The van der Waals surface area contributed by atoms with Crippen LogP contribution in [0.4, 0.5) is 17.1 Å². The highest BCUT2D eigenvalue weighted by Crippen LogP contribution is 2.29. The SMILES string of the molecule is COc1cc(Nc2cc(N)ccc2C)cc(OC)c1. The maximum absolute atomic E-state index is 5.80. The predicted molar refractivity (Wildman–Crippen MR) is 78.4 cm³/mol.